The lowest BCUT2D eigenvalue weighted by Crippen LogP contribution is -2.26. The van der Waals surface area contributed by atoms with Crippen molar-refractivity contribution in [2.24, 2.45) is 0 Å². The molecule has 3 nitrogen and oxygen atoms in total. The summed E-state index contributed by atoms with van der Waals surface area (Å²) in [5.41, 5.74) is 1.60. The first-order valence-electron chi connectivity index (χ1n) is 5.29. The van der Waals surface area contributed by atoms with E-state index >= 15 is 0 Å². The Kier molecular flexibility index (Phi) is 2.33. The summed E-state index contributed by atoms with van der Waals surface area (Å²) in [4.78, 5) is 6.56. The highest BCUT2D eigenvalue weighted by Crippen LogP contribution is 2.25. The minimum Gasteiger partial charge on any atom is -0.423 e. The van der Waals surface area contributed by atoms with Gasteiger partial charge in [0.1, 0.15) is 5.52 Å². The molecule has 0 atom stereocenters. The maximum atomic E-state index is 5.91. The van der Waals surface area contributed by atoms with Crippen LogP contribution in [0.25, 0.3) is 11.1 Å². The van der Waals surface area contributed by atoms with Crippen LogP contribution >= 0.6 is 11.6 Å². The van der Waals surface area contributed by atoms with Crippen LogP contribution in [0.15, 0.2) is 34.8 Å². The van der Waals surface area contributed by atoms with Gasteiger partial charge in [-0.25, -0.2) is 0 Å². The van der Waals surface area contributed by atoms with Crippen molar-refractivity contribution in [3.05, 3.63) is 35.4 Å². The first-order chi connectivity index (χ1) is 7.83. The van der Waals surface area contributed by atoms with E-state index in [2.05, 4.69) is 22.0 Å². The Morgan fingerprint density at radius 3 is 3.06 bits per heavy atom. The van der Waals surface area contributed by atoms with Crippen molar-refractivity contribution < 1.29 is 4.42 Å². The topological polar surface area (TPSA) is 29.3 Å². The molecule has 1 aliphatic rings. The lowest BCUT2D eigenvalue weighted by molar-refractivity contribution is 0.572. The summed E-state index contributed by atoms with van der Waals surface area (Å²) in [6.45, 7) is 1.82. The van der Waals surface area contributed by atoms with Gasteiger partial charge in [0.15, 0.2) is 5.58 Å². The average Bonchev–Trinajstić information content (AvgIpc) is 2.73. The van der Waals surface area contributed by atoms with Gasteiger partial charge in [-0.05, 0) is 24.6 Å². The molecule has 0 amide bonds. The number of rotatable bonds is 1. The zero-order valence-corrected chi connectivity index (χ0v) is 9.44. The standard InChI is InChI=1S/C12H11ClN2O/c13-9-4-5-11-10(8-9)14-12(16-11)15-6-2-1-3-7-15/h1-2,4-5,8H,3,6-7H2. The normalized spacial score (nSPS) is 15.9. The molecule has 1 aromatic heterocycles. The van der Waals surface area contributed by atoms with Crippen LogP contribution < -0.4 is 4.90 Å². The molecule has 2 heterocycles. The lowest BCUT2D eigenvalue weighted by atomic mass is 10.3. The molecule has 0 aliphatic carbocycles. The van der Waals surface area contributed by atoms with E-state index in [1.54, 1.807) is 0 Å². The number of aromatic nitrogens is 1. The van der Waals surface area contributed by atoms with Crippen molar-refractivity contribution in [2.45, 2.75) is 6.42 Å². The van der Waals surface area contributed by atoms with Gasteiger partial charge in [-0.3, -0.25) is 0 Å². The molecule has 0 saturated carbocycles. The number of halogens is 1. The Bertz CT molecular complexity index is 547. The molecular formula is C12H11ClN2O. The fraction of sp³-hybridized carbons (Fsp3) is 0.250. The third kappa shape index (κ3) is 1.67. The maximum absolute atomic E-state index is 5.91. The van der Waals surface area contributed by atoms with Crippen molar-refractivity contribution in [1.82, 2.24) is 4.98 Å². The van der Waals surface area contributed by atoms with Gasteiger partial charge in [-0.1, -0.05) is 23.8 Å². The van der Waals surface area contributed by atoms with Crippen LogP contribution in [-0.4, -0.2) is 18.1 Å². The SMILES string of the molecule is Clc1ccc2oc(N3CC=CCC3)nc2c1. The summed E-state index contributed by atoms with van der Waals surface area (Å²) in [6, 6.07) is 6.17. The van der Waals surface area contributed by atoms with E-state index in [0.29, 0.717) is 11.0 Å². The van der Waals surface area contributed by atoms with E-state index in [1.807, 2.05) is 18.2 Å². The predicted octanol–water partition coefficient (Wildman–Crippen LogP) is 3.25. The Morgan fingerprint density at radius 1 is 1.31 bits per heavy atom. The van der Waals surface area contributed by atoms with Gasteiger partial charge >= 0.3 is 0 Å². The molecule has 16 heavy (non-hydrogen) atoms. The fourth-order valence-corrected chi connectivity index (χ4v) is 2.01. The number of fused-ring (bicyclic) bond motifs is 1. The smallest absolute Gasteiger partial charge is 0.298 e. The molecule has 0 bridgehead atoms. The Labute approximate surface area is 98.3 Å². The third-order valence-electron chi connectivity index (χ3n) is 2.67. The number of hydrogen-bond donors (Lipinski definition) is 0. The molecule has 0 saturated heterocycles. The van der Waals surface area contributed by atoms with Crippen molar-refractivity contribution in [2.75, 3.05) is 18.0 Å². The molecule has 0 spiro atoms. The predicted molar refractivity (Wildman–Crippen MR) is 65.0 cm³/mol. The van der Waals surface area contributed by atoms with Gasteiger partial charge in [-0.2, -0.15) is 4.98 Å². The maximum Gasteiger partial charge on any atom is 0.298 e. The quantitative estimate of drug-likeness (QED) is 0.710. The molecule has 0 unspecified atom stereocenters. The number of nitrogens with zero attached hydrogens (tertiary/aromatic N) is 2. The molecule has 82 valence electrons. The largest absolute Gasteiger partial charge is 0.423 e. The number of anilines is 1. The lowest BCUT2D eigenvalue weighted by Gasteiger charge is -2.20. The minimum atomic E-state index is 0.682. The van der Waals surface area contributed by atoms with Crippen molar-refractivity contribution in [1.29, 1.82) is 0 Å². The van der Waals surface area contributed by atoms with Crippen LogP contribution in [0.2, 0.25) is 5.02 Å². The molecule has 1 aromatic carbocycles. The molecule has 0 radical (unpaired) electrons. The van der Waals surface area contributed by atoms with Crippen LogP contribution in [0.5, 0.6) is 0 Å². The van der Waals surface area contributed by atoms with Crippen LogP contribution in [0, 0.1) is 0 Å². The molecule has 2 aromatic rings. The Morgan fingerprint density at radius 2 is 2.25 bits per heavy atom. The molecule has 0 fully saturated rings. The van der Waals surface area contributed by atoms with Crippen LogP contribution in [0.4, 0.5) is 6.01 Å². The number of oxazole rings is 1. The minimum absolute atomic E-state index is 0.682. The number of hydrogen-bond acceptors (Lipinski definition) is 3. The summed E-state index contributed by atoms with van der Waals surface area (Å²) in [7, 11) is 0. The Hall–Kier alpha value is -1.48. The first-order valence-corrected chi connectivity index (χ1v) is 5.67. The van der Waals surface area contributed by atoms with E-state index in [9.17, 15) is 0 Å². The van der Waals surface area contributed by atoms with Gasteiger partial charge in [0.25, 0.3) is 6.01 Å². The van der Waals surface area contributed by atoms with E-state index in [0.717, 1.165) is 30.6 Å². The zero-order valence-electron chi connectivity index (χ0n) is 8.69. The highest BCUT2D eigenvalue weighted by Gasteiger charge is 2.14. The van der Waals surface area contributed by atoms with Crippen LogP contribution in [0.1, 0.15) is 6.42 Å². The van der Waals surface area contributed by atoms with Gasteiger partial charge in [0, 0.05) is 18.1 Å². The van der Waals surface area contributed by atoms with Crippen molar-refractivity contribution >= 4 is 28.7 Å². The third-order valence-corrected chi connectivity index (χ3v) is 2.90. The zero-order chi connectivity index (χ0) is 11.0. The highest BCUT2D eigenvalue weighted by molar-refractivity contribution is 6.31. The van der Waals surface area contributed by atoms with Crippen LogP contribution in [0.3, 0.4) is 0 Å². The first kappa shape index (κ1) is 9.73. The molecular weight excluding hydrogens is 224 g/mol. The summed E-state index contributed by atoms with van der Waals surface area (Å²) < 4.78 is 5.68. The van der Waals surface area contributed by atoms with Gasteiger partial charge in [-0.15, -0.1) is 0 Å². The van der Waals surface area contributed by atoms with E-state index in [4.69, 9.17) is 16.0 Å². The molecule has 3 rings (SSSR count). The van der Waals surface area contributed by atoms with Crippen LogP contribution in [-0.2, 0) is 0 Å². The number of benzene rings is 1. The van der Waals surface area contributed by atoms with Gasteiger partial charge in [0.2, 0.25) is 0 Å². The van der Waals surface area contributed by atoms with E-state index in [-0.39, 0.29) is 0 Å². The second kappa shape index (κ2) is 3.83. The molecule has 0 N–H and O–H groups in total. The summed E-state index contributed by atoms with van der Waals surface area (Å²) >= 11 is 5.91. The second-order valence-corrected chi connectivity index (χ2v) is 4.25. The molecule has 4 heteroatoms. The Balaban J connectivity index is 2.01. The fourth-order valence-electron chi connectivity index (χ4n) is 1.84. The summed E-state index contributed by atoms with van der Waals surface area (Å²) in [6.07, 6.45) is 5.35. The monoisotopic (exact) mass is 234 g/mol. The average molecular weight is 235 g/mol. The van der Waals surface area contributed by atoms with Gasteiger partial charge < -0.3 is 9.32 Å². The second-order valence-electron chi connectivity index (χ2n) is 3.81. The highest BCUT2D eigenvalue weighted by atomic mass is 35.5. The van der Waals surface area contributed by atoms with E-state index < -0.39 is 0 Å². The van der Waals surface area contributed by atoms with E-state index in [1.165, 1.54) is 0 Å². The van der Waals surface area contributed by atoms with Crippen molar-refractivity contribution in [3.8, 4) is 0 Å². The summed E-state index contributed by atoms with van der Waals surface area (Å²) in [5, 5.41) is 0.686. The van der Waals surface area contributed by atoms with Crippen molar-refractivity contribution in [3.63, 3.8) is 0 Å². The summed E-state index contributed by atoms with van der Waals surface area (Å²) in [5.74, 6) is 0. The van der Waals surface area contributed by atoms with Gasteiger partial charge in [0.05, 0.1) is 0 Å². The molecule has 1 aliphatic heterocycles.